The number of aromatic nitrogens is 3. The van der Waals surface area contributed by atoms with Crippen LogP contribution in [0.3, 0.4) is 0 Å². The number of amides is 2. The van der Waals surface area contributed by atoms with E-state index in [9.17, 15) is 9.59 Å². The largest absolute Gasteiger partial charge is 0.497 e. The summed E-state index contributed by atoms with van der Waals surface area (Å²) in [4.78, 5) is 33.9. The van der Waals surface area contributed by atoms with Crippen LogP contribution in [0.4, 0.5) is 11.4 Å². The van der Waals surface area contributed by atoms with Gasteiger partial charge in [0.15, 0.2) is 0 Å². The molecule has 2 aromatic heterocycles. The lowest BCUT2D eigenvalue weighted by Gasteiger charge is -2.18. The van der Waals surface area contributed by atoms with E-state index < -0.39 is 11.8 Å². The lowest BCUT2D eigenvalue weighted by atomic mass is 9.98. The molecule has 0 aliphatic carbocycles. The van der Waals surface area contributed by atoms with Crippen LogP contribution >= 0.6 is 0 Å². The Morgan fingerprint density at radius 1 is 0.971 bits per heavy atom. The number of nitrogens with two attached hydrogens (primary N) is 2. The van der Waals surface area contributed by atoms with Gasteiger partial charge in [0.05, 0.1) is 46.9 Å². The molecule has 0 saturated heterocycles. The fraction of sp³-hybridized carbons (Fsp3) is 0.0769. The topological polar surface area (TPSA) is 138 Å². The van der Waals surface area contributed by atoms with Gasteiger partial charge in [-0.05, 0) is 42.5 Å². The number of imidazole rings is 1. The second-order valence-corrected chi connectivity index (χ2v) is 8.09. The zero-order valence-electron chi connectivity index (χ0n) is 19.1. The molecule has 5 N–H and O–H groups in total. The van der Waals surface area contributed by atoms with Crippen molar-refractivity contribution >= 4 is 45.1 Å². The van der Waals surface area contributed by atoms with Crippen LogP contribution in [0, 0.1) is 0 Å². The second-order valence-electron chi connectivity index (χ2n) is 8.09. The highest BCUT2D eigenvalue weighted by Crippen LogP contribution is 2.37. The fourth-order valence-corrected chi connectivity index (χ4v) is 4.12. The van der Waals surface area contributed by atoms with Gasteiger partial charge in [0.2, 0.25) is 5.91 Å². The Bertz CT molecular complexity index is 1640. The van der Waals surface area contributed by atoms with Gasteiger partial charge in [-0.1, -0.05) is 12.1 Å². The molecule has 2 heterocycles. The number of primary amides is 2. The molecule has 0 saturated carbocycles. The summed E-state index contributed by atoms with van der Waals surface area (Å²) in [6.07, 6.45) is 1.72. The standard InChI is InChI=1S/C26H22N6O3/c1-32-13-29-20-11-14(7-9-21(20)32)23-22(26(28)34)24(30-16-4-3-5-17(12-16)35-2)18-10-15(25(27)33)6-8-19(18)31-23/h3-13H,1-2H3,(H2,27,33)(H2,28,34)(H,30,31). The lowest BCUT2D eigenvalue weighted by molar-refractivity contribution is 0.0993. The van der Waals surface area contributed by atoms with Crippen LogP contribution in [-0.4, -0.2) is 33.5 Å². The number of nitrogens with zero attached hydrogens (tertiary/aromatic N) is 3. The number of nitrogens with one attached hydrogen (secondary N) is 1. The highest BCUT2D eigenvalue weighted by molar-refractivity contribution is 6.13. The van der Waals surface area contributed by atoms with E-state index in [2.05, 4.69) is 10.3 Å². The molecule has 0 bridgehead atoms. The van der Waals surface area contributed by atoms with Gasteiger partial charge in [0, 0.05) is 35.3 Å². The number of carbonyl (C=O) groups is 2. The normalized spacial score (nSPS) is 11.0. The molecular weight excluding hydrogens is 444 g/mol. The zero-order valence-corrected chi connectivity index (χ0v) is 19.1. The summed E-state index contributed by atoms with van der Waals surface area (Å²) >= 11 is 0. The molecule has 0 fully saturated rings. The number of ether oxygens (including phenoxy) is 1. The average molecular weight is 467 g/mol. The lowest BCUT2D eigenvalue weighted by Crippen LogP contribution is -2.17. The molecule has 0 aliphatic rings. The van der Waals surface area contributed by atoms with Crippen molar-refractivity contribution < 1.29 is 14.3 Å². The van der Waals surface area contributed by atoms with Crippen molar-refractivity contribution in [3.63, 3.8) is 0 Å². The summed E-state index contributed by atoms with van der Waals surface area (Å²) < 4.78 is 7.24. The number of carbonyl (C=O) groups excluding carboxylic acids is 2. The van der Waals surface area contributed by atoms with Crippen LogP contribution in [-0.2, 0) is 7.05 Å². The molecule has 0 atom stereocenters. The van der Waals surface area contributed by atoms with E-state index in [1.807, 2.05) is 48.0 Å². The Hall–Kier alpha value is -4.92. The number of methoxy groups -OCH3 is 1. The third kappa shape index (κ3) is 3.89. The van der Waals surface area contributed by atoms with Gasteiger partial charge >= 0.3 is 0 Å². The van der Waals surface area contributed by atoms with Crippen LogP contribution in [0.25, 0.3) is 33.2 Å². The molecule has 9 nitrogen and oxygen atoms in total. The minimum Gasteiger partial charge on any atom is -0.497 e. The molecule has 5 rings (SSSR count). The quantitative estimate of drug-likeness (QED) is 0.348. The first-order chi connectivity index (χ1) is 16.9. The number of aryl methyl sites for hydroxylation is 1. The van der Waals surface area contributed by atoms with Gasteiger partial charge in [-0.2, -0.15) is 0 Å². The smallest absolute Gasteiger partial charge is 0.253 e. The van der Waals surface area contributed by atoms with Crippen LogP contribution < -0.4 is 21.5 Å². The van der Waals surface area contributed by atoms with Crippen LogP contribution in [0.1, 0.15) is 20.7 Å². The summed E-state index contributed by atoms with van der Waals surface area (Å²) in [5, 5.41) is 3.82. The van der Waals surface area contributed by atoms with Gasteiger partial charge in [0.25, 0.3) is 5.91 Å². The number of anilines is 2. The van der Waals surface area contributed by atoms with Crippen molar-refractivity contribution in [3.8, 4) is 17.0 Å². The third-order valence-electron chi connectivity index (χ3n) is 5.85. The first-order valence-corrected chi connectivity index (χ1v) is 10.8. The van der Waals surface area contributed by atoms with Crippen molar-refractivity contribution in [3.05, 3.63) is 78.1 Å². The Balaban J connectivity index is 1.81. The molecule has 2 amide bonds. The SMILES string of the molecule is COc1cccc(Nc2c(C(N)=O)c(-c3ccc4c(c3)ncn4C)nc3ccc(C(N)=O)cc23)c1. The van der Waals surface area contributed by atoms with Gasteiger partial charge < -0.3 is 26.1 Å². The number of rotatable bonds is 6. The summed E-state index contributed by atoms with van der Waals surface area (Å²) in [6, 6.07) is 17.8. The average Bonchev–Trinajstić information content (AvgIpc) is 3.23. The number of fused-ring (bicyclic) bond motifs is 2. The van der Waals surface area contributed by atoms with Crippen molar-refractivity contribution in [1.82, 2.24) is 14.5 Å². The minimum absolute atomic E-state index is 0.178. The van der Waals surface area contributed by atoms with E-state index in [4.69, 9.17) is 21.2 Å². The van der Waals surface area contributed by atoms with E-state index in [0.717, 1.165) is 11.0 Å². The molecule has 174 valence electrons. The maximum atomic E-state index is 12.9. The Morgan fingerprint density at radius 2 is 1.80 bits per heavy atom. The molecule has 0 radical (unpaired) electrons. The second kappa shape index (κ2) is 8.45. The van der Waals surface area contributed by atoms with E-state index >= 15 is 0 Å². The van der Waals surface area contributed by atoms with E-state index in [1.165, 1.54) is 0 Å². The van der Waals surface area contributed by atoms with Gasteiger partial charge in [-0.3, -0.25) is 9.59 Å². The number of hydrogen-bond donors (Lipinski definition) is 3. The first kappa shape index (κ1) is 21.9. The number of pyridine rings is 1. The molecule has 0 spiro atoms. The van der Waals surface area contributed by atoms with E-state index in [1.54, 1.807) is 37.7 Å². The molecular formula is C26H22N6O3. The molecule has 3 aromatic carbocycles. The highest BCUT2D eigenvalue weighted by atomic mass is 16.5. The summed E-state index contributed by atoms with van der Waals surface area (Å²) in [5.41, 5.74) is 16.3. The summed E-state index contributed by atoms with van der Waals surface area (Å²) in [5.74, 6) is -0.637. The van der Waals surface area contributed by atoms with E-state index in [-0.39, 0.29) is 11.1 Å². The Labute approximate surface area is 200 Å². The van der Waals surface area contributed by atoms with Crippen molar-refractivity contribution in [2.45, 2.75) is 0 Å². The van der Waals surface area contributed by atoms with Crippen molar-refractivity contribution in [2.24, 2.45) is 18.5 Å². The summed E-state index contributed by atoms with van der Waals surface area (Å²) in [7, 11) is 3.48. The molecule has 35 heavy (non-hydrogen) atoms. The van der Waals surface area contributed by atoms with Gasteiger partial charge in [-0.25, -0.2) is 9.97 Å². The molecule has 0 aliphatic heterocycles. The monoisotopic (exact) mass is 466 g/mol. The Morgan fingerprint density at radius 3 is 2.54 bits per heavy atom. The molecule has 5 aromatic rings. The number of hydrogen-bond acceptors (Lipinski definition) is 6. The number of benzene rings is 3. The van der Waals surface area contributed by atoms with Crippen molar-refractivity contribution in [1.29, 1.82) is 0 Å². The fourth-order valence-electron chi connectivity index (χ4n) is 4.12. The predicted molar refractivity (Wildman–Crippen MR) is 135 cm³/mol. The highest BCUT2D eigenvalue weighted by Gasteiger charge is 2.22. The van der Waals surface area contributed by atoms with Crippen molar-refractivity contribution in [2.75, 3.05) is 12.4 Å². The Kier molecular flexibility index (Phi) is 5.29. The van der Waals surface area contributed by atoms with E-state index in [0.29, 0.717) is 39.3 Å². The van der Waals surface area contributed by atoms with Crippen LogP contribution in [0.2, 0.25) is 0 Å². The maximum absolute atomic E-state index is 12.9. The third-order valence-corrected chi connectivity index (χ3v) is 5.85. The maximum Gasteiger partial charge on any atom is 0.253 e. The van der Waals surface area contributed by atoms with Crippen LogP contribution in [0.5, 0.6) is 5.75 Å². The zero-order chi connectivity index (χ0) is 24.7. The molecule has 0 unspecified atom stereocenters. The predicted octanol–water partition coefficient (Wildman–Crippen LogP) is 3.74. The minimum atomic E-state index is -0.676. The van der Waals surface area contributed by atoms with Crippen LogP contribution in [0.15, 0.2) is 67.0 Å². The van der Waals surface area contributed by atoms with Gasteiger partial charge in [-0.15, -0.1) is 0 Å². The summed E-state index contributed by atoms with van der Waals surface area (Å²) in [6.45, 7) is 0. The first-order valence-electron chi connectivity index (χ1n) is 10.8. The molecule has 9 heteroatoms. The van der Waals surface area contributed by atoms with Gasteiger partial charge in [0.1, 0.15) is 5.75 Å².